The number of halogens is 3. The van der Waals surface area contributed by atoms with Crippen LogP contribution in [0.2, 0.25) is 0 Å². The minimum absolute atomic E-state index is 0.135. The number of nitrogens with one attached hydrogen (secondary N) is 1. The highest BCUT2D eigenvalue weighted by Gasteiger charge is 2.30. The molecule has 1 fully saturated rings. The van der Waals surface area contributed by atoms with Crippen LogP contribution in [0.3, 0.4) is 0 Å². The summed E-state index contributed by atoms with van der Waals surface area (Å²) in [7, 11) is 0. The zero-order valence-corrected chi connectivity index (χ0v) is 20.7. The van der Waals surface area contributed by atoms with Gasteiger partial charge in [-0.15, -0.1) is 0 Å². The quantitative estimate of drug-likeness (QED) is 0.311. The molecule has 3 aromatic carbocycles. The van der Waals surface area contributed by atoms with E-state index in [2.05, 4.69) is 22.5 Å². The van der Waals surface area contributed by atoms with Crippen LogP contribution in [0.1, 0.15) is 24.0 Å². The molecule has 1 aromatic heterocycles. The molecule has 0 aliphatic carbocycles. The van der Waals surface area contributed by atoms with E-state index in [1.54, 1.807) is 4.90 Å². The van der Waals surface area contributed by atoms with Gasteiger partial charge in [0.25, 0.3) is 0 Å². The SMILES string of the molecule is Nc1c(NC(=O)N2CCC(Cc3ccccc3)CC2)c(-c2ccccc2)nn1-c1ccc(C(F)(F)F)cc1. The summed E-state index contributed by atoms with van der Waals surface area (Å²) in [6, 6.07) is 23.9. The van der Waals surface area contributed by atoms with Gasteiger partial charge in [0.1, 0.15) is 11.4 Å². The first kappa shape index (κ1) is 25.4. The van der Waals surface area contributed by atoms with Crippen LogP contribution in [0.15, 0.2) is 84.9 Å². The Hall–Kier alpha value is -4.27. The fraction of sp³-hybridized carbons (Fsp3) is 0.241. The first-order valence-corrected chi connectivity index (χ1v) is 12.5. The van der Waals surface area contributed by atoms with Crippen molar-refractivity contribution in [1.29, 1.82) is 0 Å². The van der Waals surface area contributed by atoms with Gasteiger partial charge in [-0.1, -0.05) is 60.7 Å². The Labute approximate surface area is 218 Å². The van der Waals surface area contributed by atoms with E-state index in [4.69, 9.17) is 5.73 Å². The van der Waals surface area contributed by atoms with E-state index in [9.17, 15) is 18.0 Å². The molecule has 9 heteroatoms. The molecule has 1 aliphatic rings. The van der Waals surface area contributed by atoms with Crippen molar-refractivity contribution in [1.82, 2.24) is 14.7 Å². The molecule has 5 rings (SSSR count). The second kappa shape index (κ2) is 10.6. The van der Waals surface area contributed by atoms with Gasteiger partial charge >= 0.3 is 12.2 Å². The van der Waals surface area contributed by atoms with Crippen molar-refractivity contribution in [2.24, 2.45) is 5.92 Å². The molecule has 6 nitrogen and oxygen atoms in total. The minimum atomic E-state index is -4.45. The Kier molecular flexibility index (Phi) is 7.09. The molecule has 0 radical (unpaired) electrons. The third-order valence-electron chi connectivity index (χ3n) is 6.91. The summed E-state index contributed by atoms with van der Waals surface area (Å²) < 4.78 is 40.5. The summed E-state index contributed by atoms with van der Waals surface area (Å²) in [5, 5.41) is 7.51. The Balaban J connectivity index is 1.36. The van der Waals surface area contributed by atoms with E-state index in [0.29, 0.717) is 36.1 Å². The molecule has 4 aromatic rings. The number of nitrogens with two attached hydrogens (primary N) is 1. The third-order valence-corrected chi connectivity index (χ3v) is 6.91. The van der Waals surface area contributed by atoms with Gasteiger partial charge in [0.2, 0.25) is 0 Å². The lowest BCUT2D eigenvalue weighted by atomic mass is 9.90. The lowest BCUT2D eigenvalue weighted by molar-refractivity contribution is -0.137. The fourth-order valence-corrected chi connectivity index (χ4v) is 4.81. The second-order valence-electron chi connectivity index (χ2n) is 9.48. The van der Waals surface area contributed by atoms with Gasteiger partial charge in [-0.25, -0.2) is 9.48 Å². The number of alkyl halides is 3. The fourth-order valence-electron chi connectivity index (χ4n) is 4.81. The largest absolute Gasteiger partial charge is 0.416 e. The van der Waals surface area contributed by atoms with Crippen molar-refractivity contribution < 1.29 is 18.0 Å². The Morgan fingerprint density at radius 2 is 1.53 bits per heavy atom. The summed E-state index contributed by atoms with van der Waals surface area (Å²) in [5.41, 5.74) is 8.81. The minimum Gasteiger partial charge on any atom is -0.382 e. The molecule has 3 N–H and O–H groups in total. The van der Waals surface area contributed by atoms with Gasteiger partial charge in [-0.05, 0) is 55.0 Å². The molecule has 0 spiro atoms. The molecule has 38 heavy (non-hydrogen) atoms. The van der Waals surface area contributed by atoms with Gasteiger partial charge < -0.3 is 16.0 Å². The molecule has 2 heterocycles. The van der Waals surface area contributed by atoms with Crippen LogP contribution in [0.25, 0.3) is 16.9 Å². The average Bonchev–Trinajstić information content (AvgIpc) is 3.25. The van der Waals surface area contributed by atoms with Crippen molar-refractivity contribution in [3.63, 3.8) is 0 Å². The number of amides is 2. The number of anilines is 2. The number of nitrogens with zero attached hydrogens (tertiary/aromatic N) is 3. The topological polar surface area (TPSA) is 76.2 Å². The summed E-state index contributed by atoms with van der Waals surface area (Å²) >= 11 is 0. The maximum Gasteiger partial charge on any atom is 0.416 e. The van der Waals surface area contributed by atoms with E-state index in [0.717, 1.165) is 37.0 Å². The van der Waals surface area contributed by atoms with Crippen LogP contribution in [0, 0.1) is 5.92 Å². The number of rotatable bonds is 5. The predicted molar refractivity (Wildman–Crippen MR) is 142 cm³/mol. The van der Waals surface area contributed by atoms with Gasteiger partial charge in [0, 0.05) is 18.7 Å². The lowest BCUT2D eigenvalue weighted by Crippen LogP contribution is -2.41. The maximum atomic E-state index is 13.3. The normalized spacial score (nSPS) is 14.4. The standard InChI is InChI=1S/C29H28F3N5O/c30-29(31,32)23-11-13-24(14-12-23)37-27(33)26(25(35-37)22-9-5-2-6-10-22)34-28(38)36-17-15-21(16-18-36)19-20-7-3-1-4-8-20/h1-14,21H,15-19,33H2,(H,34,38). The molecule has 0 bridgehead atoms. The predicted octanol–water partition coefficient (Wildman–Crippen LogP) is 6.63. The lowest BCUT2D eigenvalue weighted by Gasteiger charge is -2.32. The number of carbonyl (C=O) groups excluding carboxylic acids is 1. The van der Waals surface area contributed by atoms with Crippen molar-refractivity contribution in [3.05, 3.63) is 96.1 Å². The molecule has 0 atom stereocenters. The number of benzene rings is 3. The Morgan fingerprint density at radius 1 is 0.921 bits per heavy atom. The van der Waals surface area contributed by atoms with Crippen LogP contribution < -0.4 is 11.1 Å². The molecular weight excluding hydrogens is 491 g/mol. The van der Waals surface area contributed by atoms with E-state index in [1.807, 2.05) is 48.5 Å². The molecule has 2 amide bonds. The zero-order valence-electron chi connectivity index (χ0n) is 20.7. The molecule has 196 valence electrons. The molecule has 1 aliphatic heterocycles. The van der Waals surface area contributed by atoms with E-state index in [1.165, 1.54) is 22.4 Å². The number of piperidine rings is 1. The van der Waals surface area contributed by atoms with E-state index in [-0.39, 0.29) is 11.8 Å². The van der Waals surface area contributed by atoms with Gasteiger partial charge in [0.05, 0.1) is 11.3 Å². The van der Waals surface area contributed by atoms with E-state index < -0.39 is 11.7 Å². The monoisotopic (exact) mass is 519 g/mol. The number of hydrogen-bond donors (Lipinski definition) is 2. The molecule has 0 saturated carbocycles. The number of hydrogen-bond acceptors (Lipinski definition) is 3. The highest BCUT2D eigenvalue weighted by molar-refractivity contribution is 5.97. The average molecular weight is 520 g/mol. The first-order valence-electron chi connectivity index (χ1n) is 12.5. The number of carbonyl (C=O) groups is 1. The van der Waals surface area contributed by atoms with Gasteiger partial charge in [0.15, 0.2) is 5.82 Å². The van der Waals surface area contributed by atoms with Crippen LogP contribution >= 0.6 is 0 Å². The van der Waals surface area contributed by atoms with Gasteiger partial charge in [-0.2, -0.15) is 18.3 Å². The highest BCUT2D eigenvalue weighted by Crippen LogP contribution is 2.36. The summed E-state index contributed by atoms with van der Waals surface area (Å²) in [5.74, 6) is 0.643. The number of nitrogen functional groups attached to an aromatic ring is 1. The van der Waals surface area contributed by atoms with Crippen molar-refractivity contribution in [2.45, 2.75) is 25.4 Å². The summed E-state index contributed by atoms with van der Waals surface area (Å²) in [6.45, 7) is 1.24. The van der Waals surface area contributed by atoms with Crippen molar-refractivity contribution >= 4 is 17.5 Å². The maximum absolute atomic E-state index is 13.3. The third kappa shape index (κ3) is 5.51. The summed E-state index contributed by atoms with van der Waals surface area (Å²) in [6.07, 6.45) is -1.67. The second-order valence-corrected chi connectivity index (χ2v) is 9.48. The molecule has 1 saturated heterocycles. The number of aromatic nitrogens is 2. The van der Waals surface area contributed by atoms with Crippen LogP contribution in [-0.4, -0.2) is 33.8 Å². The van der Waals surface area contributed by atoms with Crippen LogP contribution in [0.5, 0.6) is 0 Å². The Morgan fingerprint density at radius 3 is 2.13 bits per heavy atom. The van der Waals surface area contributed by atoms with Crippen molar-refractivity contribution in [2.75, 3.05) is 24.1 Å². The number of urea groups is 1. The molecule has 0 unspecified atom stereocenters. The van der Waals surface area contributed by atoms with Gasteiger partial charge in [-0.3, -0.25) is 0 Å². The highest BCUT2D eigenvalue weighted by atomic mass is 19.4. The smallest absolute Gasteiger partial charge is 0.382 e. The van der Waals surface area contributed by atoms with Crippen LogP contribution in [-0.2, 0) is 12.6 Å². The molecular formula is C29H28F3N5O. The number of likely N-dealkylation sites (tertiary alicyclic amines) is 1. The summed E-state index contributed by atoms with van der Waals surface area (Å²) in [4.78, 5) is 15.0. The van der Waals surface area contributed by atoms with E-state index >= 15 is 0 Å². The zero-order chi connectivity index (χ0) is 26.7. The van der Waals surface area contributed by atoms with Crippen molar-refractivity contribution in [3.8, 4) is 16.9 Å². The Bertz CT molecular complexity index is 1380. The van der Waals surface area contributed by atoms with Crippen LogP contribution in [0.4, 0.5) is 29.5 Å². The first-order chi connectivity index (χ1) is 18.3.